The van der Waals surface area contributed by atoms with E-state index in [0.29, 0.717) is 5.69 Å². The summed E-state index contributed by atoms with van der Waals surface area (Å²) in [5.74, 6) is -1.19. The number of carboxylic acids is 1. The van der Waals surface area contributed by atoms with E-state index in [2.05, 4.69) is 49.2 Å². The second-order valence-electron chi connectivity index (χ2n) is 3.63. The average Bonchev–Trinajstić information content (AvgIpc) is 2.33. The number of carbonyl (C=O) groups is 2. The molecule has 6 nitrogen and oxygen atoms in total. The molecule has 0 heterocycles. The van der Waals surface area contributed by atoms with Crippen molar-refractivity contribution in [2.45, 2.75) is 12.5 Å². The molecule has 1 aromatic carbocycles. The first-order valence-electron chi connectivity index (χ1n) is 5.30. The molecule has 0 fully saturated rings. The van der Waals surface area contributed by atoms with Crippen LogP contribution in [0.15, 0.2) is 22.7 Å². The Labute approximate surface area is 131 Å². The zero-order valence-electron chi connectivity index (χ0n) is 9.69. The fourth-order valence-electron chi connectivity index (χ4n) is 1.30. The third kappa shape index (κ3) is 5.33. The van der Waals surface area contributed by atoms with Crippen LogP contribution in [-0.4, -0.2) is 34.9 Å². The molecule has 0 aliphatic heterocycles. The van der Waals surface area contributed by atoms with Crippen molar-refractivity contribution in [3.05, 3.63) is 26.2 Å². The highest BCUT2D eigenvalue weighted by Crippen LogP contribution is 2.22. The van der Waals surface area contributed by atoms with Crippen LogP contribution in [0, 0.1) is 3.57 Å². The highest BCUT2D eigenvalue weighted by atomic mass is 127. The molecular weight excluding hydrogens is 431 g/mol. The fourth-order valence-corrected chi connectivity index (χ4v) is 2.13. The van der Waals surface area contributed by atoms with Crippen molar-refractivity contribution in [1.29, 1.82) is 0 Å². The van der Waals surface area contributed by atoms with Crippen LogP contribution in [0.1, 0.15) is 6.42 Å². The van der Waals surface area contributed by atoms with E-state index < -0.39 is 18.0 Å². The molecule has 0 spiro atoms. The van der Waals surface area contributed by atoms with E-state index in [0.717, 1.165) is 8.04 Å². The molecule has 0 saturated heterocycles. The Bertz CT molecular complexity index is 484. The molecule has 8 heteroatoms. The highest BCUT2D eigenvalue weighted by Gasteiger charge is 2.19. The summed E-state index contributed by atoms with van der Waals surface area (Å²) >= 11 is 5.34. The number of halogens is 2. The van der Waals surface area contributed by atoms with Gasteiger partial charge in [0, 0.05) is 21.1 Å². The lowest BCUT2D eigenvalue weighted by atomic mass is 10.2. The van der Waals surface area contributed by atoms with Gasteiger partial charge in [0.15, 0.2) is 0 Å². The largest absolute Gasteiger partial charge is 0.480 e. The van der Waals surface area contributed by atoms with Gasteiger partial charge in [0.25, 0.3) is 0 Å². The Morgan fingerprint density at radius 1 is 1.42 bits per heavy atom. The second kappa shape index (κ2) is 7.65. The lowest BCUT2D eigenvalue weighted by Crippen LogP contribution is -2.43. The van der Waals surface area contributed by atoms with Crippen molar-refractivity contribution >= 4 is 56.2 Å². The quantitative estimate of drug-likeness (QED) is 0.524. The SMILES string of the molecule is O=C(Nc1cc(Br)ccc1I)N[C@@H](CCO)C(=O)O. The molecule has 0 saturated carbocycles. The highest BCUT2D eigenvalue weighted by molar-refractivity contribution is 14.1. The topological polar surface area (TPSA) is 98.7 Å². The van der Waals surface area contributed by atoms with Crippen molar-refractivity contribution < 1.29 is 19.8 Å². The van der Waals surface area contributed by atoms with Gasteiger partial charge in [-0.2, -0.15) is 0 Å². The van der Waals surface area contributed by atoms with Gasteiger partial charge in [0.1, 0.15) is 6.04 Å². The van der Waals surface area contributed by atoms with E-state index >= 15 is 0 Å². The van der Waals surface area contributed by atoms with Gasteiger partial charge >= 0.3 is 12.0 Å². The predicted octanol–water partition coefficient (Wildman–Crippen LogP) is 2.01. The molecule has 1 rings (SSSR count). The van der Waals surface area contributed by atoms with Gasteiger partial charge in [-0.05, 0) is 40.8 Å². The summed E-state index contributed by atoms with van der Waals surface area (Å²) in [7, 11) is 0. The summed E-state index contributed by atoms with van der Waals surface area (Å²) in [5.41, 5.74) is 0.570. The molecule has 0 aliphatic carbocycles. The zero-order valence-corrected chi connectivity index (χ0v) is 13.4. The first-order valence-corrected chi connectivity index (χ1v) is 7.17. The number of hydrogen-bond donors (Lipinski definition) is 4. The first-order chi connectivity index (χ1) is 8.93. The van der Waals surface area contributed by atoms with Crippen LogP contribution in [0.4, 0.5) is 10.5 Å². The number of aliphatic hydroxyl groups is 1. The number of carbonyl (C=O) groups excluding carboxylic acids is 1. The molecule has 1 atom stereocenters. The lowest BCUT2D eigenvalue weighted by molar-refractivity contribution is -0.139. The van der Waals surface area contributed by atoms with Gasteiger partial charge in [-0.25, -0.2) is 9.59 Å². The van der Waals surface area contributed by atoms with Crippen LogP contribution in [0.3, 0.4) is 0 Å². The maximum atomic E-state index is 11.7. The fraction of sp³-hybridized carbons (Fsp3) is 0.273. The number of urea groups is 1. The van der Waals surface area contributed by atoms with Crippen molar-refractivity contribution in [2.75, 3.05) is 11.9 Å². The monoisotopic (exact) mass is 442 g/mol. The third-order valence-electron chi connectivity index (χ3n) is 2.20. The molecule has 0 aromatic heterocycles. The molecule has 0 bridgehead atoms. The maximum absolute atomic E-state index is 11.7. The molecule has 0 radical (unpaired) electrons. The minimum absolute atomic E-state index is 0.0433. The molecule has 0 aliphatic rings. The van der Waals surface area contributed by atoms with Crippen LogP contribution < -0.4 is 10.6 Å². The van der Waals surface area contributed by atoms with Gasteiger partial charge in [-0.3, -0.25) is 0 Å². The summed E-state index contributed by atoms with van der Waals surface area (Å²) < 4.78 is 1.62. The number of benzene rings is 1. The molecule has 0 unspecified atom stereocenters. The number of rotatable bonds is 5. The molecule has 4 N–H and O–H groups in total. The Balaban J connectivity index is 2.68. The summed E-state index contributed by atoms with van der Waals surface area (Å²) in [6.07, 6.45) is -0.0433. The zero-order chi connectivity index (χ0) is 14.4. The molecule has 19 heavy (non-hydrogen) atoms. The Morgan fingerprint density at radius 2 is 2.11 bits per heavy atom. The van der Waals surface area contributed by atoms with Crippen LogP contribution in [0.5, 0.6) is 0 Å². The van der Waals surface area contributed by atoms with E-state index in [-0.39, 0.29) is 13.0 Å². The van der Waals surface area contributed by atoms with Gasteiger partial charge in [-0.15, -0.1) is 0 Å². The smallest absolute Gasteiger partial charge is 0.326 e. The number of amides is 2. The van der Waals surface area contributed by atoms with E-state index in [9.17, 15) is 9.59 Å². The number of aliphatic hydroxyl groups excluding tert-OH is 1. The summed E-state index contributed by atoms with van der Waals surface area (Å²) in [6, 6.07) is 3.61. The Kier molecular flexibility index (Phi) is 6.52. The molecule has 2 amide bonds. The standard InChI is InChI=1S/C11H12BrIN2O4/c12-6-1-2-7(13)9(5-6)15-11(19)14-8(3-4-16)10(17)18/h1-2,5,8,16H,3-4H2,(H,17,18)(H2,14,15,19)/t8-/m0/s1. The van der Waals surface area contributed by atoms with E-state index in [1.807, 2.05) is 12.1 Å². The van der Waals surface area contributed by atoms with E-state index in [1.54, 1.807) is 6.07 Å². The number of anilines is 1. The van der Waals surface area contributed by atoms with Crippen molar-refractivity contribution in [3.8, 4) is 0 Å². The normalized spacial score (nSPS) is 11.7. The van der Waals surface area contributed by atoms with Crippen molar-refractivity contribution in [3.63, 3.8) is 0 Å². The second-order valence-corrected chi connectivity index (χ2v) is 5.70. The minimum atomic E-state index is -1.19. The predicted molar refractivity (Wildman–Crippen MR) is 82.1 cm³/mol. The molecule has 1 aromatic rings. The van der Waals surface area contributed by atoms with Crippen LogP contribution in [0.2, 0.25) is 0 Å². The number of aliphatic carboxylic acids is 1. The van der Waals surface area contributed by atoms with E-state index in [1.165, 1.54) is 0 Å². The van der Waals surface area contributed by atoms with Gasteiger partial charge in [-0.1, -0.05) is 15.9 Å². The first kappa shape index (κ1) is 16.2. The van der Waals surface area contributed by atoms with Crippen LogP contribution in [-0.2, 0) is 4.79 Å². The lowest BCUT2D eigenvalue weighted by Gasteiger charge is -2.14. The molecular formula is C11H12BrIN2O4. The molecule has 104 valence electrons. The summed E-state index contributed by atoms with van der Waals surface area (Å²) in [6.45, 7) is -0.314. The van der Waals surface area contributed by atoms with Crippen LogP contribution >= 0.6 is 38.5 Å². The minimum Gasteiger partial charge on any atom is -0.480 e. The van der Waals surface area contributed by atoms with Crippen LogP contribution in [0.25, 0.3) is 0 Å². The number of nitrogens with one attached hydrogen (secondary N) is 2. The van der Waals surface area contributed by atoms with Crippen molar-refractivity contribution in [2.24, 2.45) is 0 Å². The van der Waals surface area contributed by atoms with Gasteiger partial charge in [0.05, 0.1) is 5.69 Å². The summed E-state index contributed by atoms with van der Waals surface area (Å²) in [4.78, 5) is 22.5. The number of hydrogen-bond acceptors (Lipinski definition) is 3. The van der Waals surface area contributed by atoms with Gasteiger partial charge in [0.2, 0.25) is 0 Å². The van der Waals surface area contributed by atoms with E-state index in [4.69, 9.17) is 10.2 Å². The summed E-state index contributed by atoms with van der Waals surface area (Å²) in [5, 5.41) is 22.4. The Hall–Kier alpha value is -0.870. The third-order valence-corrected chi connectivity index (χ3v) is 3.63. The average molecular weight is 443 g/mol. The number of carboxylic acid groups (broad SMARTS) is 1. The Morgan fingerprint density at radius 3 is 2.68 bits per heavy atom. The van der Waals surface area contributed by atoms with Gasteiger partial charge < -0.3 is 20.8 Å². The maximum Gasteiger partial charge on any atom is 0.326 e. The van der Waals surface area contributed by atoms with Crippen molar-refractivity contribution in [1.82, 2.24) is 5.32 Å².